The summed E-state index contributed by atoms with van der Waals surface area (Å²) in [6, 6.07) is 0.136. The molecular formula is C12H27NO2. The molecule has 0 heterocycles. The summed E-state index contributed by atoms with van der Waals surface area (Å²) in [5.41, 5.74) is -0.318. The van der Waals surface area contributed by atoms with E-state index in [1.807, 2.05) is 41.5 Å². The fraction of sp³-hybridized carbons (Fsp3) is 0.917. The highest BCUT2D eigenvalue weighted by Crippen LogP contribution is 2.13. The van der Waals surface area contributed by atoms with Crippen molar-refractivity contribution in [1.82, 2.24) is 5.32 Å². The van der Waals surface area contributed by atoms with E-state index in [0.29, 0.717) is 6.61 Å². The van der Waals surface area contributed by atoms with Gasteiger partial charge in [0.25, 0.3) is 0 Å². The normalized spacial score (nSPS) is 12.5. The van der Waals surface area contributed by atoms with E-state index < -0.39 is 0 Å². The van der Waals surface area contributed by atoms with Gasteiger partial charge in [0, 0.05) is 12.5 Å². The predicted octanol–water partition coefficient (Wildman–Crippen LogP) is 2.60. The van der Waals surface area contributed by atoms with Crippen molar-refractivity contribution in [1.29, 1.82) is 0 Å². The SMILES string of the molecule is CC.CCC(COC)NC(=O)C(C)(C)C. The lowest BCUT2D eigenvalue weighted by Crippen LogP contribution is -2.43. The summed E-state index contributed by atoms with van der Waals surface area (Å²) in [5, 5.41) is 2.94. The summed E-state index contributed by atoms with van der Waals surface area (Å²) in [6.07, 6.45) is 0.898. The van der Waals surface area contributed by atoms with Gasteiger partial charge in [-0.3, -0.25) is 4.79 Å². The monoisotopic (exact) mass is 217 g/mol. The minimum absolute atomic E-state index is 0.0800. The maximum absolute atomic E-state index is 11.5. The number of hydrogen-bond donors (Lipinski definition) is 1. The van der Waals surface area contributed by atoms with Gasteiger partial charge in [0.1, 0.15) is 0 Å². The number of carbonyl (C=O) groups is 1. The highest BCUT2D eigenvalue weighted by atomic mass is 16.5. The molecule has 1 atom stereocenters. The van der Waals surface area contributed by atoms with Gasteiger partial charge < -0.3 is 10.1 Å². The van der Waals surface area contributed by atoms with E-state index in [0.717, 1.165) is 6.42 Å². The molecule has 0 aromatic carbocycles. The van der Waals surface area contributed by atoms with Gasteiger partial charge in [0.05, 0.1) is 12.6 Å². The first kappa shape index (κ1) is 16.8. The Morgan fingerprint density at radius 2 is 1.80 bits per heavy atom. The first-order chi connectivity index (χ1) is 6.91. The van der Waals surface area contributed by atoms with E-state index in [-0.39, 0.29) is 17.4 Å². The van der Waals surface area contributed by atoms with Crippen LogP contribution in [0.5, 0.6) is 0 Å². The zero-order valence-corrected chi connectivity index (χ0v) is 11.3. The number of hydrogen-bond acceptors (Lipinski definition) is 2. The number of nitrogens with one attached hydrogen (secondary N) is 1. The van der Waals surface area contributed by atoms with Crippen molar-refractivity contribution in [2.75, 3.05) is 13.7 Å². The van der Waals surface area contributed by atoms with Crippen molar-refractivity contribution in [2.24, 2.45) is 5.41 Å². The second-order valence-electron chi connectivity index (χ2n) is 4.28. The van der Waals surface area contributed by atoms with Crippen LogP contribution in [0.15, 0.2) is 0 Å². The van der Waals surface area contributed by atoms with Gasteiger partial charge in [-0.15, -0.1) is 0 Å². The maximum Gasteiger partial charge on any atom is 0.225 e. The minimum atomic E-state index is -0.318. The molecule has 3 heteroatoms. The van der Waals surface area contributed by atoms with E-state index >= 15 is 0 Å². The van der Waals surface area contributed by atoms with Crippen LogP contribution < -0.4 is 5.32 Å². The van der Waals surface area contributed by atoms with Crippen LogP contribution in [0.25, 0.3) is 0 Å². The standard InChI is InChI=1S/C10H21NO2.C2H6/c1-6-8(7-13-5)11-9(12)10(2,3)4;1-2/h8H,6-7H2,1-5H3,(H,11,12);1-2H3. The number of ether oxygens (including phenoxy) is 1. The zero-order valence-electron chi connectivity index (χ0n) is 11.3. The minimum Gasteiger partial charge on any atom is -0.383 e. The van der Waals surface area contributed by atoms with Crippen LogP contribution >= 0.6 is 0 Å². The van der Waals surface area contributed by atoms with E-state index in [1.54, 1.807) is 7.11 Å². The fourth-order valence-corrected chi connectivity index (χ4v) is 0.865. The van der Waals surface area contributed by atoms with Crippen LogP contribution in [0.3, 0.4) is 0 Å². The molecule has 0 fully saturated rings. The third-order valence-corrected chi connectivity index (χ3v) is 1.88. The Morgan fingerprint density at radius 1 is 1.33 bits per heavy atom. The Kier molecular flexibility index (Phi) is 9.79. The maximum atomic E-state index is 11.5. The van der Waals surface area contributed by atoms with Crippen LogP contribution in [-0.4, -0.2) is 25.7 Å². The predicted molar refractivity (Wildman–Crippen MR) is 64.9 cm³/mol. The first-order valence-electron chi connectivity index (χ1n) is 5.71. The molecule has 92 valence electrons. The molecule has 1 N–H and O–H groups in total. The average molecular weight is 217 g/mol. The van der Waals surface area contributed by atoms with Crippen LogP contribution in [-0.2, 0) is 9.53 Å². The van der Waals surface area contributed by atoms with Gasteiger partial charge in [0.15, 0.2) is 0 Å². The second-order valence-corrected chi connectivity index (χ2v) is 4.28. The van der Waals surface area contributed by atoms with Gasteiger partial charge in [0.2, 0.25) is 5.91 Å². The summed E-state index contributed by atoms with van der Waals surface area (Å²) >= 11 is 0. The highest BCUT2D eigenvalue weighted by molar-refractivity contribution is 5.81. The number of rotatable bonds is 4. The molecule has 0 saturated carbocycles. The quantitative estimate of drug-likeness (QED) is 0.786. The first-order valence-corrected chi connectivity index (χ1v) is 5.71. The fourth-order valence-electron chi connectivity index (χ4n) is 0.865. The van der Waals surface area contributed by atoms with Gasteiger partial charge in [-0.05, 0) is 6.42 Å². The summed E-state index contributed by atoms with van der Waals surface area (Å²) < 4.78 is 4.99. The molecule has 0 aromatic heterocycles. The van der Waals surface area contributed by atoms with Crippen molar-refractivity contribution < 1.29 is 9.53 Å². The van der Waals surface area contributed by atoms with Crippen molar-refractivity contribution in [2.45, 2.75) is 54.0 Å². The molecule has 0 saturated heterocycles. The Morgan fingerprint density at radius 3 is 2.07 bits per heavy atom. The Labute approximate surface area is 94.6 Å². The molecule has 0 aliphatic heterocycles. The van der Waals surface area contributed by atoms with Gasteiger partial charge in [-0.1, -0.05) is 41.5 Å². The molecule has 1 amide bonds. The summed E-state index contributed by atoms with van der Waals surface area (Å²) in [6.45, 7) is 12.3. The zero-order chi connectivity index (χ0) is 12.5. The molecule has 0 aliphatic carbocycles. The number of amides is 1. The van der Waals surface area contributed by atoms with Crippen LogP contribution in [0.1, 0.15) is 48.0 Å². The Bertz CT molecular complexity index is 161. The van der Waals surface area contributed by atoms with E-state index in [4.69, 9.17) is 4.74 Å². The van der Waals surface area contributed by atoms with E-state index in [1.165, 1.54) is 0 Å². The van der Waals surface area contributed by atoms with Crippen LogP contribution in [0.2, 0.25) is 0 Å². The van der Waals surface area contributed by atoms with Gasteiger partial charge in [-0.25, -0.2) is 0 Å². The molecule has 0 bridgehead atoms. The molecule has 15 heavy (non-hydrogen) atoms. The number of carbonyl (C=O) groups excluding carboxylic acids is 1. The second kappa shape index (κ2) is 8.72. The smallest absolute Gasteiger partial charge is 0.225 e. The Balaban J connectivity index is 0. The molecule has 1 unspecified atom stereocenters. The lowest BCUT2D eigenvalue weighted by atomic mass is 9.95. The van der Waals surface area contributed by atoms with Crippen molar-refractivity contribution in [3.05, 3.63) is 0 Å². The van der Waals surface area contributed by atoms with Crippen molar-refractivity contribution in [3.63, 3.8) is 0 Å². The van der Waals surface area contributed by atoms with Crippen LogP contribution in [0, 0.1) is 5.41 Å². The summed E-state index contributed by atoms with van der Waals surface area (Å²) in [5.74, 6) is 0.0800. The van der Waals surface area contributed by atoms with E-state index in [9.17, 15) is 4.79 Å². The molecule has 0 aliphatic rings. The topological polar surface area (TPSA) is 38.3 Å². The lowest BCUT2D eigenvalue weighted by Gasteiger charge is -2.22. The van der Waals surface area contributed by atoms with Gasteiger partial charge in [-0.2, -0.15) is 0 Å². The highest BCUT2D eigenvalue weighted by Gasteiger charge is 2.23. The molecule has 0 spiro atoms. The van der Waals surface area contributed by atoms with E-state index in [2.05, 4.69) is 5.32 Å². The number of methoxy groups -OCH3 is 1. The van der Waals surface area contributed by atoms with Gasteiger partial charge >= 0.3 is 0 Å². The molecule has 0 rings (SSSR count). The molecular weight excluding hydrogens is 190 g/mol. The Hall–Kier alpha value is -0.570. The third kappa shape index (κ3) is 8.43. The van der Waals surface area contributed by atoms with Crippen LogP contribution in [0.4, 0.5) is 0 Å². The average Bonchev–Trinajstić information content (AvgIpc) is 2.18. The lowest BCUT2D eigenvalue weighted by molar-refractivity contribution is -0.129. The molecule has 3 nitrogen and oxygen atoms in total. The largest absolute Gasteiger partial charge is 0.383 e. The summed E-state index contributed by atoms with van der Waals surface area (Å²) in [7, 11) is 1.64. The molecule has 0 radical (unpaired) electrons. The van der Waals surface area contributed by atoms with Crippen molar-refractivity contribution >= 4 is 5.91 Å². The third-order valence-electron chi connectivity index (χ3n) is 1.88. The van der Waals surface area contributed by atoms with Crippen molar-refractivity contribution in [3.8, 4) is 0 Å². The molecule has 0 aromatic rings. The summed E-state index contributed by atoms with van der Waals surface area (Å²) in [4.78, 5) is 11.5.